The Labute approximate surface area is 255 Å². The Hall–Kier alpha value is -1.20. The fraction of sp³-hybridized carbons (Fsp3) is 0.833. The Bertz CT molecular complexity index is 778. The van der Waals surface area contributed by atoms with E-state index >= 15 is 0 Å². The average molecular weight is 573 g/mol. The quantitative estimate of drug-likeness (QED) is 0.0863. The minimum atomic E-state index is -0.393. The lowest BCUT2D eigenvalue weighted by atomic mass is 9.79. The summed E-state index contributed by atoms with van der Waals surface area (Å²) < 4.78 is 25.2. The predicted molar refractivity (Wildman–Crippen MR) is 177 cm³/mol. The zero-order valence-electron chi connectivity index (χ0n) is 28.0. The van der Waals surface area contributed by atoms with Crippen LogP contribution >= 0.6 is 0 Å². The number of unbranched alkanes of at least 4 members (excludes halogenated alkanes) is 18. The average Bonchev–Trinajstić information content (AvgIpc) is 3.17. The van der Waals surface area contributed by atoms with E-state index in [4.69, 9.17) is 18.8 Å². The molecule has 0 amide bonds. The van der Waals surface area contributed by atoms with Crippen LogP contribution in [0, 0.1) is 0 Å². The summed E-state index contributed by atoms with van der Waals surface area (Å²) in [6, 6.07) is 6.19. The highest BCUT2D eigenvalue weighted by molar-refractivity contribution is 6.62. The zero-order chi connectivity index (χ0) is 29.8. The summed E-state index contributed by atoms with van der Waals surface area (Å²) in [5, 5.41) is 0. The van der Waals surface area contributed by atoms with Crippen molar-refractivity contribution in [3.8, 4) is 11.5 Å². The molecule has 236 valence electrons. The summed E-state index contributed by atoms with van der Waals surface area (Å²) in [4.78, 5) is 0. The van der Waals surface area contributed by atoms with Crippen LogP contribution in [0.4, 0.5) is 0 Å². The van der Waals surface area contributed by atoms with Crippen molar-refractivity contribution < 1.29 is 18.8 Å². The third kappa shape index (κ3) is 14.2. The molecule has 4 nitrogen and oxygen atoms in total. The van der Waals surface area contributed by atoms with Gasteiger partial charge in [-0.2, -0.15) is 0 Å². The molecule has 0 bridgehead atoms. The SMILES string of the molecule is CCCCCCCCCCCCOc1ccc(B2OC(C)(C)C(C)(C)O2)cc1OCCCCCCCCCCCC. The fourth-order valence-electron chi connectivity index (χ4n) is 5.43. The van der Waals surface area contributed by atoms with Crippen LogP contribution in [0.2, 0.25) is 0 Å². The van der Waals surface area contributed by atoms with Gasteiger partial charge in [0.05, 0.1) is 24.4 Å². The van der Waals surface area contributed by atoms with Crippen molar-refractivity contribution in [1.29, 1.82) is 0 Å². The van der Waals surface area contributed by atoms with Crippen LogP contribution in [0.5, 0.6) is 11.5 Å². The molecule has 0 spiro atoms. The number of rotatable bonds is 25. The Balaban J connectivity index is 1.78. The highest BCUT2D eigenvalue weighted by atomic mass is 16.7. The molecule has 0 aromatic heterocycles. The van der Waals surface area contributed by atoms with Crippen LogP contribution in [0.15, 0.2) is 18.2 Å². The first-order chi connectivity index (χ1) is 19.8. The smallest absolute Gasteiger partial charge is 0.490 e. The first kappa shape index (κ1) is 36.0. The van der Waals surface area contributed by atoms with Crippen LogP contribution in [-0.4, -0.2) is 31.5 Å². The summed E-state index contributed by atoms with van der Waals surface area (Å²) >= 11 is 0. The van der Waals surface area contributed by atoms with E-state index < -0.39 is 7.12 Å². The van der Waals surface area contributed by atoms with E-state index in [0.29, 0.717) is 0 Å². The predicted octanol–water partition coefficient (Wildman–Crippen LogP) is 10.6. The van der Waals surface area contributed by atoms with E-state index in [1.54, 1.807) is 0 Å². The molecule has 0 N–H and O–H groups in total. The molecular weight excluding hydrogens is 507 g/mol. The molecule has 0 radical (unpaired) electrons. The highest BCUT2D eigenvalue weighted by Crippen LogP contribution is 2.37. The molecule has 1 aromatic carbocycles. The van der Waals surface area contributed by atoms with Gasteiger partial charge in [0.15, 0.2) is 11.5 Å². The molecule has 41 heavy (non-hydrogen) atoms. The minimum Gasteiger partial charge on any atom is -0.490 e. The summed E-state index contributed by atoms with van der Waals surface area (Å²) in [5.74, 6) is 1.66. The number of benzene rings is 1. The molecule has 5 heteroatoms. The lowest BCUT2D eigenvalue weighted by molar-refractivity contribution is 0.00578. The molecule has 1 aliphatic rings. The van der Waals surface area contributed by atoms with Gasteiger partial charge in [0.1, 0.15) is 0 Å². The molecule has 0 saturated carbocycles. The van der Waals surface area contributed by atoms with E-state index in [1.807, 2.05) is 6.07 Å². The van der Waals surface area contributed by atoms with Gasteiger partial charge < -0.3 is 18.8 Å². The molecule has 1 aliphatic heterocycles. The van der Waals surface area contributed by atoms with Crippen molar-refractivity contribution in [3.63, 3.8) is 0 Å². The monoisotopic (exact) mass is 572 g/mol. The van der Waals surface area contributed by atoms with E-state index in [1.165, 1.54) is 116 Å². The second-order valence-corrected chi connectivity index (χ2v) is 13.4. The Kier molecular flexibility index (Phi) is 18.1. The molecule has 0 atom stereocenters. The Morgan fingerprint density at radius 3 is 1.29 bits per heavy atom. The second kappa shape index (κ2) is 20.7. The lowest BCUT2D eigenvalue weighted by Crippen LogP contribution is -2.41. The van der Waals surface area contributed by atoms with Crippen LogP contribution in [0.1, 0.15) is 170 Å². The zero-order valence-corrected chi connectivity index (χ0v) is 28.0. The van der Waals surface area contributed by atoms with Gasteiger partial charge in [0.2, 0.25) is 0 Å². The molecule has 2 rings (SSSR count). The summed E-state index contributed by atoms with van der Waals surface area (Å²) in [6.45, 7) is 14.4. The first-order valence-electron chi connectivity index (χ1n) is 17.6. The standard InChI is InChI=1S/C36H65BO4/c1-7-9-11-13-15-17-19-21-23-25-29-38-33-28-27-32(37-40-35(3,4)36(5,6)41-37)31-34(33)39-30-26-24-22-20-18-16-14-12-10-8-2/h27-28,31H,7-26,29-30H2,1-6H3. The maximum atomic E-state index is 6.33. The first-order valence-corrected chi connectivity index (χ1v) is 17.6. The molecule has 1 fully saturated rings. The Morgan fingerprint density at radius 2 is 0.878 bits per heavy atom. The number of ether oxygens (including phenoxy) is 2. The van der Waals surface area contributed by atoms with Gasteiger partial charge >= 0.3 is 7.12 Å². The third-order valence-electron chi connectivity index (χ3n) is 9.00. The van der Waals surface area contributed by atoms with E-state index in [0.717, 1.165) is 43.0 Å². The third-order valence-corrected chi connectivity index (χ3v) is 9.00. The Morgan fingerprint density at radius 1 is 0.512 bits per heavy atom. The lowest BCUT2D eigenvalue weighted by Gasteiger charge is -2.32. The van der Waals surface area contributed by atoms with Crippen molar-refractivity contribution in [2.75, 3.05) is 13.2 Å². The maximum absolute atomic E-state index is 6.33. The van der Waals surface area contributed by atoms with Crippen LogP contribution in [-0.2, 0) is 9.31 Å². The molecule has 1 aromatic rings. The molecular formula is C36H65BO4. The second-order valence-electron chi connectivity index (χ2n) is 13.4. The summed E-state index contributed by atoms with van der Waals surface area (Å²) in [6.07, 6.45) is 26.5. The highest BCUT2D eigenvalue weighted by Gasteiger charge is 2.51. The van der Waals surface area contributed by atoms with Crippen LogP contribution in [0.3, 0.4) is 0 Å². The summed E-state index contributed by atoms with van der Waals surface area (Å²) in [5.41, 5.74) is 0.270. The van der Waals surface area contributed by atoms with Crippen molar-refractivity contribution >= 4 is 12.6 Å². The molecule has 0 aliphatic carbocycles. The van der Waals surface area contributed by atoms with Crippen molar-refractivity contribution in [1.82, 2.24) is 0 Å². The normalized spacial score (nSPS) is 15.9. The van der Waals surface area contributed by atoms with Gasteiger partial charge in [-0.1, -0.05) is 135 Å². The largest absolute Gasteiger partial charge is 0.494 e. The fourth-order valence-corrected chi connectivity index (χ4v) is 5.43. The van der Waals surface area contributed by atoms with Crippen molar-refractivity contribution in [2.45, 2.75) is 181 Å². The van der Waals surface area contributed by atoms with Crippen molar-refractivity contribution in [2.24, 2.45) is 0 Å². The minimum absolute atomic E-state index is 0.362. The van der Waals surface area contributed by atoms with Gasteiger partial charge in [-0.15, -0.1) is 0 Å². The molecule has 1 saturated heterocycles. The van der Waals surface area contributed by atoms with E-state index in [-0.39, 0.29) is 11.2 Å². The number of hydrogen-bond acceptors (Lipinski definition) is 4. The van der Waals surface area contributed by atoms with Gasteiger partial charge in [0.25, 0.3) is 0 Å². The van der Waals surface area contributed by atoms with E-state index in [2.05, 4.69) is 53.7 Å². The van der Waals surface area contributed by atoms with Gasteiger partial charge in [0, 0.05) is 0 Å². The van der Waals surface area contributed by atoms with Crippen molar-refractivity contribution in [3.05, 3.63) is 18.2 Å². The topological polar surface area (TPSA) is 36.9 Å². The summed E-state index contributed by atoms with van der Waals surface area (Å²) in [7, 11) is -0.393. The maximum Gasteiger partial charge on any atom is 0.494 e. The van der Waals surface area contributed by atoms with Crippen LogP contribution < -0.4 is 14.9 Å². The van der Waals surface area contributed by atoms with Gasteiger partial charge in [-0.25, -0.2) is 0 Å². The van der Waals surface area contributed by atoms with Crippen LogP contribution in [0.25, 0.3) is 0 Å². The van der Waals surface area contributed by atoms with E-state index in [9.17, 15) is 0 Å². The molecule has 0 unspecified atom stereocenters. The van der Waals surface area contributed by atoms with Gasteiger partial charge in [-0.05, 0) is 58.1 Å². The van der Waals surface area contributed by atoms with Gasteiger partial charge in [-0.3, -0.25) is 0 Å². The molecule has 1 heterocycles. The number of hydrogen-bond donors (Lipinski definition) is 0.